The average Bonchev–Trinajstić information content (AvgIpc) is 3.02. The van der Waals surface area contributed by atoms with Crippen LogP contribution in [-0.4, -0.2) is 27.7 Å². The van der Waals surface area contributed by atoms with Crippen LogP contribution in [0.1, 0.15) is 24.0 Å². The van der Waals surface area contributed by atoms with Crippen LogP contribution in [-0.2, 0) is 15.3 Å². The molecule has 1 aliphatic rings. The molecule has 9 heteroatoms. The molecular weight excluding hydrogens is 346 g/mol. The Bertz CT molecular complexity index is 785. The van der Waals surface area contributed by atoms with Crippen LogP contribution in [0.2, 0.25) is 0 Å². The van der Waals surface area contributed by atoms with E-state index in [2.05, 4.69) is 57.2 Å². The van der Waals surface area contributed by atoms with Gasteiger partial charge in [0.1, 0.15) is 5.71 Å². The number of carbonyl (C=O) groups excluding carboxylic acids is 2. The molecule has 0 saturated carbocycles. The van der Waals surface area contributed by atoms with E-state index in [9.17, 15) is 9.59 Å². The first-order valence-corrected chi connectivity index (χ1v) is 9.09. The minimum absolute atomic E-state index is 0.183. The zero-order valence-electron chi connectivity index (χ0n) is 12.9. The van der Waals surface area contributed by atoms with Crippen LogP contribution in [0.25, 0.3) is 0 Å². The Balaban J connectivity index is 1.54. The summed E-state index contributed by atoms with van der Waals surface area (Å²) >= 11 is 2.88. The summed E-state index contributed by atoms with van der Waals surface area (Å²) in [7, 11) is 0. The van der Waals surface area contributed by atoms with Gasteiger partial charge in [-0.3, -0.25) is 14.9 Å². The van der Waals surface area contributed by atoms with Crippen molar-refractivity contribution in [3.8, 4) is 0 Å². The fourth-order valence-corrected chi connectivity index (χ4v) is 3.66. The van der Waals surface area contributed by atoms with Gasteiger partial charge in [-0.25, -0.2) is 5.43 Å². The first-order valence-electron chi connectivity index (χ1n) is 7.29. The van der Waals surface area contributed by atoms with E-state index < -0.39 is 0 Å². The fraction of sp³-hybridized carbons (Fsp3) is 0.267. The maximum atomic E-state index is 12.0. The third kappa shape index (κ3) is 4.39. The van der Waals surface area contributed by atoms with E-state index in [1.807, 2.05) is 0 Å². The first kappa shape index (κ1) is 16.6. The minimum atomic E-state index is -0.360. The molecule has 124 valence electrons. The zero-order chi connectivity index (χ0) is 16.9. The lowest BCUT2D eigenvalue weighted by Crippen LogP contribution is -2.32. The number of nitrogens with one attached hydrogen (secondary N) is 2. The molecule has 2 aromatic rings. The molecule has 7 nitrogen and oxygen atoms in total. The molecule has 0 fully saturated rings. The number of rotatable bonds is 5. The van der Waals surface area contributed by atoms with Gasteiger partial charge in [0.05, 0.1) is 0 Å². The predicted octanol–water partition coefficient (Wildman–Crippen LogP) is 2.34. The van der Waals surface area contributed by atoms with E-state index in [-0.39, 0.29) is 18.2 Å². The van der Waals surface area contributed by atoms with E-state index >= 15 is 0 Å². The van der Waals surface area contributed by atoms with Gasteiger partial charge in [-0.05, 0) is 12.5 Å². The maximum Gasteiger partial charge on any atom is 0.273 e. The second kappa shape index (κ2) is 7.54. The van der Waals surface area contributed by atoms with Gasteiger partial charge in [-0.2, -0.15) is 5.10 Å². The average molecular weight is 361 g/mol. The second-order valence-corrected chi connectivity index (χ2v) is 7.39. The van der Waals surface area contributed by atoms with Gasteiger partial charge in [0.25, 0.3) is 5.91 Å². The van der Waals surface area contributed by atoms with Crippen LogP contribution < -0.4 is 10.7 Å². The monoisotopic (exact) mass is 361 g/mol. The Morgan fingerprint density at radius 2 is 2.08 bits per heavy atom. The third-order valence-corrected chi connectivity index (χ3v) is 5.32. The molecule has 1 aromatic carbocycles. The summed E-state index contributed by atoms with van der Waals surface area (Å²) < 4.78 is 0.782. The molecule has 0 unspecified atom stereocenters. The number of aromatic nitrogens is 2. The highest BCUT2D eigenvalue weighted by atomic mass is 32.2. The van der Waals surface area contributed by atoms with E-state index in [1.165, 1.54) is 22.5 Å². The number of amides is 2. The van der Waals surface area contributed by atoms with Crippen molar-refractivity contribution in [2.45, 2.75) is 29.9 Å². The van der Waals surface area contributed by atoms with Crippen LogP contribution in [0.4, 0.5) is 5.13 Å². The van der Waals surface area contributed by atoms with Crippen LogP contribution in [0, 0.1) is 6.92 Å². The Hall–Kier alpha value is -2.26. The standard InChI is InChI=1S/C15H15N5O2S2/c1-9-2-4-10(5-3-9)8-23-15-20-19-14(24-15)16-13(22)11-6-7-12(21)18-17-11/h2-5H,6-8H2,1H3,(H,18,21)(H,16,19,22). The molecule has 2 amide bonds. The molecular formula is C15H15N5O2S2. The van der Waals surface area contributed by atoms with Crippen molar-refractivity contribution < 1.29 is 9.59 Å². The summed E-state index contributed by atoms with van der Waals surface area (Å²) in [4.78, 5) is 23.1. The molecule has 1 aliphatic heterocycles. The Morgan fingerprint density at radius 3 is 2.79 bits per heavy atom. The lowest BCUT2D eigenvalue weighted by molar-refractivity contribution is -0.121. The van der Waals surface area contributed by atoms with Crippen molar-refractivity contribution in [2.75, 3.05) is 5.32 Å². The van der Waals surface area contributed by atoms with Crippen LogP contribution in [0.5, 0.6) is 0 Å². The molecule has 0 bridgehead atoms. The number of anilines is 1. The minimum Gasteiger partial charge on any atom is -0.295 e. The third-order valence-electron chi connectivity index (χ3n) is 3.28. The lowest BCUT2D eigenvalue weighted by Gasteiger charge is -2.10. The zero-order valence-corrected chi connectivity index (χ0v) is 14.5. The molecule has 0 spiro atoms. The Labute approximate surface area is 146 Å². The normalized spacial score (nSPS) is 14.0. The van der Waals surface area contributed by atoms with E-state index in [4.69, 9.17) is 0 Å². The highest BCUT2D eigenvalue weighted by molar-refractivity contribution is 8.00. The summed E-state index contributed by atoms with van der Waals surface area (Å²) in [6.07, 6.45) is 0.589. The maximum absolute atomic E-state index is 12.0. The number of benzene rings is 1. The molecule has 0 radical (unpaired) electrons. The SMILES string of the molecule is Cc1ccc(CSc2nnc(NC(=O)C3=NNC(=O)CC3)s2)cc1. The van der Waals surface area contributed by atoms with Crippen LogP contribution in [0.3, 0.4) is 0 Å². The molecule has 2 heterocycles. The molecule has 0 saturated heterocycles. The summed E-state index contributed by atoms with van der Waals surface area (Å²) in [5.41, 5.74) is 5.02. The molecule has 2 N–H and O–H groups in total. The van der Waals surface area contributed by atoms with Crippen molar-refractivity contribution in [2.24, 2.45) is 5.10 Å². The fourth-order valence-electron chi connectivity index (χ4n) is 1.96. The van der Waals surface area contributed by atoms with Gasteiger partial charge in [0.2, 0.25) is 11.0 Å². The van der Waals surface area contributed by atoms with Crippen molar-refractivity contribution >= 4 is 45.8 Å². The molecule has 0 aliphatic carbocycles. The Morgan fingerprint density at radius 1 is 1.29 bits per heavy atom. The van der Waals surface area contributed by atoms with Crippen LogP contribution in [0.15, 0.2) is 33.7 Å². The molecule has 1 aromatic heterocycles. The van der Waals surface area contributed by atoms with E-state index in [0.29, 0.717) is 17.3 Å². The predicted molar refractivity (Wildman–Crippen MR) is 94.1 cm³/mol. The highest BCUT2D eigenvalue weighted by Crippen LogP contribution is 2.28. The smallest absolute Gasteiger partial charge is 0.273 e. The molecule has 24 heavy (non-hydrogen) atoms. The lowest BCUT2D eigenvalue weighted by atomic mass is 10.2. The number of aryl methyl sites for hydroxylation is 1. The Kier molecular flexibility index (Phi) is 5.21. The van der Waals surface area contributed by atoms with Gasteiger partial charge < -0.3 is 0 Å². The van der Waals surface area contributed by atoms with Crippen molar-refractivity contribution in [3.63, 3.8) is 0 Å². The van der Waals surface area contributed by atoms with E-state index in [0.717, 1.165) is 10.1 Å². The number of nitrogens with zero attached hydrogens (tertiary/aromatic N) is 3. The van der Waals surface area contributed by atoms with Crippen LogP contribution >= 0.6 is 23.1 Å². The highest BCUT2D eigenvalue weighted by Gasteiger charge is 2.19. The first-order chi connectivity index (χ1) is 11.6. The van der Waals surface area contributed by atoms with Crippen molar-refractivity contribution in [1.29, 1.82) is 0 Å². The number of carbonyl (C=O) groups is 2. The molecule has 0 atom stereocenters. The summed E-state index contributed by atoms with van der Waals surface area (Å²) in [5.74, 6) is 0.250. The van der Waals surface area contributed by atoms with E-state index in [1.54, 1.807) is 11.8 Å². The number of hydrogen-bond acceptors (Lipinski definition) is 7. The number of thioether (sulfide) groups is 1. The summed E-state index contributed by atoms with van der Waals surface area (Å²) in [6.45, 7) is 2.05. The second-order valence-electron chi connectivity index (χ2n) is 5.19. The van der Waals surface area contributed by atoms with Crippen molar-refractivity contribution in [3.05, 3.63) is 35.4 Å². The summed E-state index contributed by atoms with van der Waals surface area (Å²) in [6, 6.07) is 8.32. The quantitative estimate of drug-likeness (QED) is 0.629. The summed E-state index contributed by atoms with van der Waals surface area (Å²) in [5, 5.41) is 14.9. The van der Waals surface area contributed by atoms with Gasteiger partial charge >= 0.3 is 0 Å². The topological polar surface area (TPSA) is 96.3 Å². The van der Waals surface area contributed by atoms with Gasteiger partial charge in [0.15, 0.2) is 4.34 Å². The number of hydrazone groups is 1. The van der Waals surface area contributed by atoms with Gasteiger partial charge in [-0.15, -0.1) is 10.2 Å². The molecule has 3 rings (SSSR count). The van der Waals surface area contributed by atoms with Crippen molar-refractivity contribution in [1.82, 2.24) is 15.6 Å². The van der Waals surface area contributed by atoms with Gasteiger partial charge in [0, 0.05) is 18.6 Å². The largest absolute Gasteiger partial charge is 0.295 e. The van der Waals surface area contributed by atoms with Gasteiger partial charge in [-0.1, -0.05) is 52.9 Å². The number of hydrogen-bond donors (Lipinski definition) is 2.